The molecule has 1 unspecified atom stereocenters. The average molecular weight is 320 g/mol. The van der Waals surface area contributed by atoms with E-state index < -0.39 is 6.10 Å². The molecule has 1 aromatic heterocycles. The zero-order valence-electron chi connectivity index (χ0n) is 13.5. The lowest BCUT2D eigenvalue weighted by Gasteiger charge is -2.25. The normalized spacial score (nSPS) is 12.9. The van der Waals surface area contributed by atoms with E-state index in [0.717, 1.165) is 0 Å². The van der Waals surface area contributed by atoms with Gasteiger partial charge in [0.25, 0.3) is 0 Å². The maximum absolute atomic E-state index is 12.9. The van der Waals surface area contributed by atoms with Gasteiger partial charge in [0.1, 0.15) is 12.1 Å². The topological polar surface area (TPSA) is 75.4 Å². The zero-order chi connectivity index (χ0) is 17.0. The van der Waals surface area contributed by atoms with Gasteiger partial charge in [0.2, 0.25) is 11.8 Å². The molecule has 1 aromatic carbocycles. The molecule has 0 fully saturated rings. The minimum absolute atomic E-state index is 0.0571. The Bertz CT molecular complexity index is 659. The summed E-state index contributed by atoms with van der Waals surface area (Å²) < 4.78 is 18.2. The predicted octanol–water partition coefficient (Wildman–Crippen LogP) is 2.55. The van der Waals surface area contributed by atoms with Crippen molar-refractivity contribution in [2.45, 2.75) is 33.3 Å². The second-order valence-electron chi connectivity index (χ2n) is 6.51. The van der Waals surface area contributed by atoms with Gasteiger partial charge in [-0.3, -0.25) is 4.79 Å². The number of carbonyl (C=O) groups excluding carboxylic acids is 1. The van der Waals surface area contributed by atoms with Crippen LogP contribution in [-0.4, -0.2) is 28.6 Å². The van der Waals surface area contributed by atoms with Gasteiger partial charge in [-0.2, -0.15) is 0 Å². The molecule has 0 spiro atoms. The SMILES string of the molecule is CC(C)(C)C(O)CNC(=O)Cc1coc(-c2ccc(F)cc2)n1. The Kier molecular flexibility index (Phi) is 5.15. The third-order valence-electron chi connectivity index (χ3n) is 3.48. The van der Waals surface area contributed by atoms with E-state index in [9.17, 15) is 14.3 Å². The summed E-state index contributed by atoms with van der Waals surface area (Å²) in [6.07, 6.45) is 0.832. The molecule has 6 heteroatoms. The number of oxazole rings is 1. The Balaban J connectivity index is 1.91. The van der Waals surface area contributed by atoms with Crippen LogP contribution in [0.25, 0.3) is 11.5 Å². The Morgan fingerprint density at radius 1 is 1.35 bits per heavy atom. The van der Waals surface area contributed by atoms with E-state index in [0.29, 0.717) is 17.1 Å². The van der Waals surface area contributed by atoms with Gasteiger partial charge in [-0.1, -0.05) is 20.8 Å². The third-order valence-corrected chi connectivity index (χ3v) is 3.48. The van der Waals surface area contributed by atoms with Gasteiger partial charge in [-0.15, -0.1) is 0 Å². The molecule has 0 saturated carbocycles. The Hall–Kier alpha value is -2.21. The highest BCUT2D eigenvalue weighted by Crippen LogP contribution is 2.20. The average Bonchev–Trinajstić information content (AvgIpc) is 2.93. The van der Waals surface area contributed by atoms with E-state index in [-0.39, 0.29) is 30.1 Å². The minimum Gasteiger partial charge on any atom is -0.444 e. The van der Waals surface area contributed by atoms with Crippen LogP contribution in [0.1, 0.15) is 26.5 Å². The van der Waals surface area contributed by atoms with E-state index in [1.54, 1.807) is 12.1 Å². The number of halogens is 1. The molecule has 2 rings (SSSR count). The van der Waals surface area contributed by atoms with Crippen LogP contribution in [-0.2, 0) is 11.2 Å². The molecule has 0 aliphatic heterocycles. The van der Waals surface area contributed by atoms with E-state index >= 15 is 0 Å². The van der Waals surface area contributed by atoms with Crippen molar-refractivity contribution in [1.82, 2.24) is 10.3 Å². The zero-order valence-corrected chi connectivity index (χ0v) is 13.5. The standard InChI is InChI=1S/C17H21FN2O3/c1-17(2,3)14(21)9-19-15(22)8-13-10-23-16(20-13)11-4-6-12(18)7-5-11/h4-7,10,14,21H,8-9H2,1-3H3,(H,19,22). The van der Waals surface area contributed by atoms with Crippen molar-refractivity contribution < 1.29 is 18.7 Å². The first-order chi connectivity index (χ1) is 10.8. The number of nitrogens with zero attached hydrogens (tertiary/aromatic N) is 1. The number of carbonyl (C=O) groups is 1. The molecule has 0 aliphatic carbocycles. The van der Waals surface area contributed by atoms with E-state index in [2.05, 4.69) is 10.3 Å². The lowest BCUT2D eigenvalue weighted by molar-refractivity contribution is -0.121. The maximum Gasteiger partial charge on any atom is 0.226 e. The van der Waals surface area contributed by atoms with Gasteiger partial charge >= 0.3 is 0 Å². The molecule has 0 bridgehead atoms. The van der Waals surface area contributed by atoms with Crippen LogP contribution in [0, 0.1) is 11.2 Å². The van der Waals surface area contributed by atoms with Gasteiger partial charge < -0.3 is 14.8 Å². The first kappa shape index (κ1) is 17.1. The summed E-state index contributed by atoms with van der Waals surface area (Å²) >= 11 is 0. The van der Waals surface area contributed by atoms with Crippen LogP contribution in [0.5, 0.6) is 0 Å². The lowest BCUT2D eigenvalue weighted by atomic mass is 9.89. The Labute approximate surface area is 134 Å². The summed E-state index contributed by atoms with van der Waals surface area (Å²) in [5.41, 5.74) is 0.824. The van der Waals surface area contributed by atoms with Crippen LogP contribution in [0.2, 0.25) is 0 Å². The highest BCUT2D eigenvalue weighted by Gasteiger charge is 2.22. The van der Waals surface area contributed by atoms with Crippen molar-refractivity contribution in [1.29, 1.82) is 0 Å². The number of aromatic nitrogens is 1. The molecule has 23 heavy (non-hydrogen) atoms. The van der Waals surface area contributed by atoms with E-state index in [4.69, 9.17) is 4.42 Å². The highest BCUT2D eigenvalue weighted by atomic mass is 19.1. The number of benzene rings is 1. The monoisotopic (exact) mass is 320 g/mol. The first-order valence-electron chi connectivity index (χ1n) is 7.41. The summed E-state index contributed by atoms with van der Waals surface area (Å²) in [6, 6.07) is 5.76. The third kappa shape index (κ3) is 4.89. The number of aliphatic hydroxyl groups is 1. The van der Waals surface area contributed by atoms with Gasteiger partial charge in [-0.25, -0.2) is 9.37 Å². The second kappa shape index (κ2) is 6.91. The number of amides is 1. The summed E-state index contributed by atoms with van der Waals surface area (Å²) in [4.78, 5) is 16.1. The van der Waals surface area contributed by atoms with E-state index in [1.807, 2.05) is 20.8 Å². The predicted molar refractivity (Wildman–Crippen MR) is 84.1 cm³/mol. The van der Waals surface area contributed by atoms with Gasteiger partial charge in [0.15, 0.2) is 0 Å². The van der Waals surface area contributed by atoms with Crippen LogP contribution in [0.3, 0.4) is 0 Å². The lowest BCUT2D eigenvalue weighted by Crippen LogP contribution is -2.39. The fourth-order valence-corrected chi connectivity index (χ4v) is 1.86. The molecule has 0 aliphatic rings. The first-order valence-corrected chi connectivity index (χ1v) is 7.41. The number of aliphatic hydroxyl groups excluding tert-OH is 1. The number of nitrogens with one attached hydrogen (secondary N) is 1. The summed E-state index contributed by atoms with van der Waals surface area (Å²) in [7, 11) is 0. The fraction of sp³-hybridized carbons (Fsp3) is 0.412. The van der Waals surface area contributed by atoms with Crippen molar-refractivity contribution >= 4 is 5.91 Å². The minimum atomic E-state index is -0.626. The molecule has 2 N–H and O–H groups in total. The van der Waals surface area contributed by atoms with Crippen LogP contribution in [0.4, 0.5) is 4.39 Å². The Morgan fingerprint density at radius 3 is 2.61 bits per heavy atom. The van der Waals surface area contributed by atoms with Crippen LogP contribution in [0.15, 0.2) is 34.9 Å². The molecular weight excluding hydrogens is 299 g/mol. The van der Waals surface area contributed by atoms with E-state index in [1.165, 1.54) is 18.4 Å². The van der Waals surface area contributed by atoms with Crippen molar-refractivity contribution in [3.8, 4) is 11.5 Å². The van der Waals surface area contributed by atoms with Crippen molar-refractivity contribution in [2.24, 2.45) is 5.41 Å². The fourth-order valence-electron chi connectivity index (χ4n) is 1.86. The molecule has 0 saturated heterocycles. The van der Waals surface area contributed by atoms with Gasteiger partial charge in [-0.05, 0) is 29.7 Å². The molecule has 0 radical (unpaired) electrons. The Morgan fingerprint density at radius 2 is 2.00 bits per heavy atom. The van der Waals surface area contributed by atoms with Gasteiger partial charge in [0.05, 0.1) is 18.2 Å². The summed E-state index contributed by atoms with van der Waals surface area (Å²) in [5, 5.41) is 12.6. The molecule has 5 nitrogen and oxygen atoms in total. The molecule has 124 valence electrons. The highest BCUT2D eigenvalue weighted by molar-refractivity contribution is 5.78. The number of hydrogen-bond donors (Lipinski definition) is 2. The largest absolute Gasteiger partial charge is 0.444 e. The summed E-state index contributed by atoms with van der Waals surface area (Å²) in [5.74, 6) is -0.243. The molecule has 1 atom stereocenters. The number of rotatable bonds is 5. The molecule has 1 heterocycles. The van der Waals surface area contributed by atoms with Crippen LogP contribution >= 0.6 is 0 Å². The summed E-state index contributed by atoms with van der Waals surface area (Å²) in [6.45, 7) is 5.88. The van der Waals surface area contributed by atoms with Crippen LogP contribution < -0.4 is 5.32 Å². The number of hydrogen-bond acceptors (Lipinski definition) is 4. The second-order valence-corrected chi connectivity index (χ2v) is 6.51. The van der Waals surface area contributed by atoms with Gasteiger partial charge in [0, 0.05) is 12.1 Å². The maximum atomic E-state index is 12.9. The smallest absolute Gasteiger partial charge is 0.226 e. The molecule has 1 amide bonds. The molecular formula is C17H21FN2O3. The quantitative estimate of drug-likeness (QED) is 0.888. The molecule has 2 aromatic rings. The van der Waals surface area contributed by atoms with Crippen molar-refractivity contribution in [2.75, 3.05) is 6.54 Å². The van der Waals surface area contributed by atoms with Crippen molar-refractivity contribution in [3.05, 3.63) is 42.0 Å². The van der Waals surface area contributed by atoms with Crippen molar-refractivity contribution in [3.63, 3.8) is 0 Å².